The summed E-state index contributed by atoms with van der Waals surface area (Å²) in [6.07, 6.45) is 10.5. The van der Waals surface area contributed by atoms with E-state index in [4.69, 9.17) is 10.8 Å². The first-order valence-electron chi connectivity index (χ1n) is 10.3. The van der Waals surface area contributed by atoms with Crippen LogP contribution in [0.2, 0.25) is 0 Å². The van der Waals surface area contributed by atoms with E-state index in [1.807, 2.05) is 0 Å². The van der Waals surface area contributed by atoms with Gasteiger partial charge in [0, 0.05) is 0 Å². The molecule has 0 unspecified atom stereocenters. The summed E-state index contributed by atoms with van der Waals surface area (Å²) in [6, 6.07) is -1.40. The molecular weight excluding hydrogens is 332 g/mol. The summed E-state index contributed by atoms with van der Waals surface area (Å²) in [5.74, 6) is -2.79. The zero-order valence-electron chi connectivity index (χ0n) is 17.5. The fourth-order valence-corrected chi connectivity index (χ4v) is 2.92. The maximum atomic E-state index is 9.74. The van der Waals surface area contributed by atoms with Gasteiger partial charge in [0.05, 0.1) is 44.6 Å². The van der Waals surface area contributed by atoms with Gasteiger partial charge in [-0.15, -0.1) is 0 Å². The maximum absolute atomic E-state index is 9.74. The van der Waals surface area contributed by atoms with Crippen LogP contribution < -0.4 is 10.8 Å². The van der Waals surface area contributed by atoms with Gasteiger partial charge < -0.3 is 25.2 Å². The number of carboxylic acid groups (broad SMARTS) is 2. The Balaban J connectivity index is 0. The number of nitrogens with two attached hydrogens (primary N) is 1. The van der Waals surface area contributed by atoms with Crippen LogP contribution in [0.5, 0.6) is 0 Å². The molecule has 0 saturated carbocycles. The van der Waals surface area contributed by atoms with Crippen molar-refractivity contribution in [1.29, 1.82) is 0 Å². The zero-order chi connectivity index (χ0) is 20.4. The second-order valence-electron chi connectivity index (χ2n) is 7.17. The van der Waals surface area contributed by atoms with E-state index in [1.54, 1.807) is 0 Å². The molecule has 0 bridgehead atoms. The fourth-order valence-electron chi connectivity index (χ4n) is 2.92. The van der Waals surface area contributed by atoms with E-state index in [0.717, 1.165) is 0 Å². The molecule has 0 aromatic rings. The summed E-state index contributed by atoms with van der Waals surface area (Å²) in [6.45, 7) is 15.0. The third-order valence-electron chi connectivity index (χ3n) is 4.64. The van der Waals surface area contributed by atoms with E-state index in [2.05, 4.69) is 27.7 Å². The molecule has 0 aliphatic heterocycles. The Morgan fingerprint density at radius 3 is 1.31 bits per heavy atom. The third-order valence-corrected chi connectivity index (χ3v) is 4.64. The number of hydrogen-bond donors (Lipinski definition) is 2. The van der Waals surface area contributed by atoms with E-state index >= 15 is 0 Å². The van der Waals surface area contributed by atoms with Crippen LogP contribution in [0.15, 0.2) is 0 Å². The van der Waals surface area contributed by atoms with Gasteiger partial charge in [0.25, 0.3) is 0 Å². The topological polar surface area (TPSA) is 103 Å². The van der Waals surface area contributed by atoms with Crippen LogP contribution in [0.25, 0.3) is 0 Å². The van der Waals surface area contributed by atoms with E-state index in [-0.39, 0.29) is 0 Å². The zero-order valence-corrected chi connectivity index (χ0v) is 17.5. The molecule has 0 radical (unpaired) electrons. The highest BCUT2D eigenvalue weighted by Crippen LogP contribution is 2.16. The molecule has 0 fully saturated rings. The average molecular weight is 375 g/mol. The largest absolute Gasteiger partial charge is 0.548 e. The lowest BCUT2D eigenvalue weighted by molar-refractivity contribution is -0.929. The minimum atomic E-state index is -1.54. The monoisotopic (exact) mass is 374 g/mol. The molecule has 0 heterocycles. The van der Waals surface area contributed by atoms with Crippen LogP contribution in [0.3, 0.4) is 0 Å². The van der Waals surface area contributed by atoms with Crippen molar-refractivity contribution in [3.05, 3.63) is 0 Å². The number of hydrogen-bond acceptors (Lipinski definition) is 4. The molecule has 0 aliphatic rings. The highest BCUT2D eigenvalue weighted by molar-refractivity contribution is 5.78. The molecule has 6 heteroatoms. The van der Waals surface area contributed by atoms with Crippen LogP contribution in [0.4, 0.5) is 0 Å². The number of quaternary nitrogens is 1. The fraction of sp³-hybridized carbons (Fsp3) is 0.900. The van der Waals surface area contributed by atoms with Gasteiger partial charge in [-0.2, -0.15) is 0 Å². The lowest BCUT2D eigenvalue weighted by Crippen LogP contribution is -2.50. The Bertz CT molecular complexity index is 324. The Hall–Kier alpha value is -1.14. The highest BCUT2D eigenvalue weighted by Gasteiger charge is 2.24. The summed E-state index contributed by atoms with van der Waals surface area (Å²) in [5.41, 5.74) is 4.77. The number of unbranched alkanes of at least 4 members (excludes halogenated alkanes) is 4. The lowest BCUT2D eigenvalue weighted by atomic mass is 10.1. The standard InChI is InChI=1S/C16H36N.C4H7NO4/c1-5-9-13-17(14-10-6-2,15-11-7-3)16-12-8-4;5-2(4(8)9)1-3(6)7/h5-16H2,1-4H3;2H,1,5H2,(H,6,7)(H,8,9)/q+1;/p-1/t;2-/m.0/s1. The van der Waals surface area contributed by atoms with Crippen LogP contribution in [0.1, 0.15) is 85.5 Å². The third kappa shape index (κ3) is 15.1. The van der Waals surface area contributed by atoms with Crippen molar-refractivity contribution < 1.29 is 24.3 Å². The summed E-state index contributed by atoms with van der Waals surface area (Å²) >= 11 is 0. The minimum Gasteiger partial charge on any atom is -0.548 e. The summed E-state index contributed by atoms with van der Waals surface area (Å²) in [4.78, 5) is 19.5. The Morgan fingerprint density at radius 1 is 0.846 bits per heavy atom. The van der Waals surface area contributed by atoms with Crippen LogP contribution in [0, 0.1) is 0 Å². The average Bonchev–Trinajstić information content (AvgIpc) is 2.60. The van der Waals surface area contributed by atoms with Crippen LogP contribution >= 0.6 is 0 Å². The molecule has 3 N–H and O–H groups in total. The SMILES string of the molecule is CCCC[N+](CCCC)(CCCC)CCCC.N[C@@H](CC(=O)O)C(=O)[O-]. The van der Waals surface area contributed by atoms with Gasteiger partial charge in [-0.1, -0.05) is 53.4 Å². The summed E-state index contributed by atoms with van der Waals surface area (Å²) in [5, 5.41) is 17.7. The number of nitrogens with zero attached hydrogens (tertiary/aromatic N) is 1. The number of aliphatic carboxylic acids is 2. The molecule has 0 aliphatic carbocycles. The molecule has 0 amide bonds. The van der Waals surface area contributed by atoms with Gasteiger partial charge in [0.1, 0.15) is 0 Å². The first-order valence-corrected chi connectivity index (χ1v) is 10.3. The van der Waals surface area contributed by atoms with Gasteiger partial charge in [-0.25, -0.2) is 0 Å². The van der Waals surface area contributed by atoms with Gasteiger partial charge >= 0.3 is 5.97 Å². The van der Waals surface area contributed by atoms with Crippen molar-refractivity contribution >= 4 is 11.9 Å². The van der Waals surface area contributed by atoms with Crippen molar-refractivity contribution in [2.75, 3.05) is 26.2 Å². The summed E-state index contributed by atoms with van der Waals surface area (Å²) in [7, 11) is 0. The molecule has 6 nitrogen and oxygen atoms in total. The number of carbonyl (C=O) groups excluding carboxylic acids is 1. The number of rotatable bonds is 15. The van der Waals surface area contributed by atoms with E-state index in [0.29, 0.717) is 0 Å². The van der Waals surface area contributed by atoms with Crippen molar-refractivity contribution in [3.63, 3.8) is 0 Å². The smallest absolute Gasteiger partial charge is 0.305 e. The first kappa shape index (κ1) is 27.1. The summed E-state index contributed by atoms with van der Waals surface area (Å²) < 4.78 is 1.42. The molecule has 0 saturated heterocycles. The minimum absolute atomic E-state index is 0.595. The Morgan fingerprint density at radius 2 is 1.15 bits per heavy atom. The molecule has 156 valence electrons. The van der Waals surface area contributed by atoms with Gasteiger partial charge in [0.2, 0.25) is 0 Å². The molecular formula is C20H42N2O4. The first-order chi connectivity index (χ1) is 12.3. The van der Waals surface area contributed by atoms with E-state index in [1.165, 1.54) is 82.0 Å². The molecule has 0 aromatic carbocycles. The van der Waals surface area contributed by atoms with E-state index < -0.39 is 24.4 Å². The molecule has 0 aromatic heterocycles. The Kier molecular flexibility index (Phi) is 18.0. The van der Waals surface area contributed by atoms with Gasteiger partial charge in [0.15, 0.2) is 0 Å². The van der Waals surface area contributed by atoms with Crippen LogP contribution in [-0.2, 0) is 9.59 Å². The maximum Gasteiger partial charge on any atom is 0.305 e. The molecule has 0 rings (SSSR count). The number of carbonyl (C=O) groups is 2. The quantitative estimate of drug-likeness (QED) is 0.429. The second-order valence-corrected chi connectivity index (χ2v) is 7.17. The number of carboxylic acids is 2. The van der Waals surface area contributed by atoms with Crippen molar-refractivity contribution in [3.8, 4) is 0 Å². The van der Waals surface area contributed by atoms with Gasteiger partial charge in [-0.3, -0.25) is 4.79 Å². The van der Waals surface area contributed by atoms with E-state index in [9.17, 15) is 14.7 Å². The van der Waals surface area contributed by atoms with Crippen LogP contribution in [-0.4, -0.2) is 53.7 Å². The van der Waals surface area contributed by atoms with Crippen molar-refractivity contribution in [1.82, 2.24) is 0 Å². The molecule has 1 atom stereocenters. The second kappa shape index (κ2) is 17.3. The lowest BCUT2D eigenvalue weighted by Gasteiger charge is -2.39. The Labute approximate surface area is 160 Å². The van der Waals surface area contributed by atoms with Crippen molar-refractivity contribution in [2.24, 2.45) is 5.73 Å². The highest BCUT2D eigenvalue weighted by atomic mass is 16.4. The predicted octanol–water partition coefficient (Wildman–Crippen LogP) is 2.54. The van der Waals surface area contributed by atoms with Gasteiger partial charge in [-0.05, 0) is 25.7 Å². The molecule has 26 heavy (non-hydrogen) atoms. The van der Waals surface area contributed by atoms with Crippen molar-refractivity contribution in [2.45, 2.75) is 91.5 Å². The predicted molar refractivity (Wildman–Crippen MR) is 105 cm³/mol. The molecule has 0 spiro atoms. The normalized spacial score (nSPS) is 12.2.